The Morgan fingerprint density at radius 2 is 1.83 bits per heavy atom. The highest BCUT2D eigenvalue weighted by Gasteiger charge is 2.10. The monoisotopic (exact) mass is 409 g/mol. The van der Waals surface area contributed by atoms with Crippen molar-refractivity contribution in [2.45, 2.75) is 6.10 Å². The van der Waals surface area contributed by atoms with Gasteiger partial charge < -0.3 is 15.2 Å². The predicted molar refractivity (Wildman–Crippen MR) is 115 cm³/mol. The molecule has 0 saturated carbocycles. The number of pyridine rings is 1. The van der Waals surface area contributed by atoms with Gasteiger partial charge in [-0.15, -0.1) is 11.3 Å². The summed E-state index contributed by atoms with van der Waals surface area (Å²) in [4.78, 5) is 9.05. The third-order valence-corrected chi connectivity index (χ3v) is 5.53. The lowest BCUT2D eigenvalue weighted by molar-refractivity contribution is 0.0842. The van der Waals surface area contributed by atoms with Crippen LogP contribution in [0.5, 0.6) is 5.75 Å². The van der Waals surface area contributed by atoms with Crippen molar-refractivity contribution >= 4 is 27.4 Å². The Labute approximate surface area is 171 Å². The summed E-state index contributed by atoms with van der Waals surface area (Å²) in [5.41, 5.74) is 4.05. The Balaban J connectivity index is 1.54. The number of fused-ring (bicyclic) bond motifs is 1. The Morgan fingerprint density at radius 1 is 1.07 bits per heavy atom. The van der Waals surface area contributed by atoms with Crippen LogP contribution in [-0.2, 0) is 0 Å². The van der Waals surface area contributed by atoms with E-state index >= 15 is 0 Å². The molecule has 0 aliphatic rings. The van der Waals surface area contributed by atoms with E-state index < -0.39 is 12.8 Å². The van der Waals surface area contributed by atoms with Gasteiger partial charge in [0.1, 0.15) is 36.0 Å². The molecule has 2 aromatic heterocycles. The van der Waals surface area contributed by atoms with E-state index in [0.29, 0.717) is 5.75 Å². The molecule has 4 aromatic rings. The van der Waals surface area contributed by atoms with Crippen LogP contribution in [-0.4, -0.2) is 41.5 Å². The highest BCUT2D eigenvalue weighted by atomic mass is 32.1. The quantitative estimate of drug-likeness (QED) is 0.460. The number of benzene rings is 2. The smallest absolute Gasteiger partial charge is 0.125 e. The Bertz CT molecular complexity index is 1100. The maximum absolute atomic E-state index is 12.4. The normalized spacial score (nSPS) is 12.1. The molecular formula is C22H20FN3O2S. The van der Waals surface area contributed by atoms with Crippen LogP contribution < -0.4 is 10.1 Å². The number of alkyl halides is 1. The van der Waals surface area contributed by atoms with Crippen molar-refractivity contribution in [3.05, 3.63) is 60.8 Å². The lowest BCUT2D eigenvalue weighted by Crippen LogP contribution is -2.19. The molecule has 4 rings (SSSR count). The van der Waals surface area contributed by atoms with Gasteiger partial charge in [0.25, 0.3) is 0 Å². The van der Waals surface area contributed by atoms with Gasteiger partial charge in [-0.3, -0.25) is 0 Å². The second kappa shape index (κ2) is 8.55. The van der Waals surface area contributed by atoms with Gasteiger partial charge in [-0.05, 0) is 35.9 Å². The second-order valence-electron chi connectivity index (χ2n) is 6.53. The summed E-state index contributed by atoms with van der Waals surface area (Å²) in [6.45, 7) is -0.891. The number of aliphatic hydroxyl groups excluding tert-OH is 1. The van der Waals surface area contributed by atoms with Gasteiger partial charge in [0.2, 0.25) is 0 Å². The zero-order valence-electron chi connectivity index (χ0n) is 15.8. The molecule has 0 radical (unpaired) electrons. The largest absolute Gasteiger partial charge is 0.491 e. The van der Waals surface area contributed by atoms with E-state index in [1.165, 1.54) is 0 Å². The molecule has 0 amide bonds. The van der Waals surface area contributed by atoms with E-state index in [-0.39, 0.29) is 6.61 Å². The Hall–Kier alpha value is -3.03. The van der Waals surface area contributed by atoms with E-state index in [1.54, 1.807) is 17.4 Å². The molecule has 2 heterocycles. The lowest BCUT2D eigenvalue weighted by Gasteiger charge is -2.08. The summed E-state index contributed by atoms with van der Waals surface area (Å²) in [7, 11) is 1.84. The summed E-state index contributed by atoms with van der Waals surface area (Å²) in [6, 6.07) is 17.7. The number of nitrogens with zero attached hydrogens (tertiary/aromatic N) is 2. The first kappa shape index (κ1) is 19.3. The highest BCUT2D eigenvalue weighted by Crippen LogP contribution is 2.33. The number of thiazole rings is 1. The standard InChI is InChI=1S/C22H20FN3O2S/c1-24-21-9-6-16(12-25-21)14-2-4-15(5-3-14)22-26-19-8-7-18(10-20(19)29-22)28-13-17(27)11-23/h2-10,12,17,27H,11,13H2,1H3,(H,24,25). The number of rotatable bonds is 7. The molecule has 0 spiro atoms. The summed E-state index contributed by atoms with van der Waals surface area (Å²) >= 11 is 1.56. The van der Waals surface area contributed by atoms with E-state index in [1.807, 2.05) is 49.6 Å². The molecule has 29 heavy (non-hydrogen) atoms. The average Bonchev–Trinajstić information content (AvgIpc) is 3.21. The van der Waals surface area contributed by atoms with Crippen molar-refractivity contribution in [1.29, 1.82) is 0 Å². The van der Waals surface area contributed by atoms with Gasteiger partial charge in [0, 0.05) is 24.4 Å². The van der Waals surface area contributed by atoms with Crippen LogP contribution >= 0.6 is 11.3 Å². The minimum absolute atomic E-state index is 0.0702. The predicted octanol–water partition coefficient (Wildman–Crippen LogP) is 4.78. The van der Waals surface area contributed by atoms with Crippen LogP contribution in [0.25, 0.3) is 31.9 Å². The van der Waals surface area contributed by atoms with Crippen molar-refractivity contribution in [2.24, 2.45) is 0 Å². The average molecular weight is 409 g/mol. The molecule has 1 unspecified atom stereocenters. The van der Waals surface area contributed by atoms with Crippen LogP contribution in [0.4, 0.5) is 10.2 Å². The molecule has 0 fully saturated rings. The minimum Gasteiger partial charge on any atom is -0.491 e. The SMILES string of the molecule is CNc1ccc(-c2ccc(-c3nc4ccc(OCC(O)CF)cc4s3)cc2)cn1. The third kappa shape index (κ3) is 4.36. The molecule has 7 heteroatoms. The van der Waals surface area contributed by atoms with Gasteiger partial charge in [-0.2, -0.15) is 0 Å². The Morgan fingerprint density at radius 3 is 2.52 bits per heavy atom. The number of nitrogens with one attached hydrogen (secondary N) is 1. The van der Waals surface area contributed by atoms with Crippen LogP contribution in [0.2, 0.25) is 0 Å². The maximum atomic E-state index is 12.4. The van der Waals surface area contributed by atoms with Gasteiger partial charge in [-0.1, -0.05) is 24.3 Å². The summed E-state index contributed by atoms with van der Waals surface area (Å²) in [6.07, 6.45) is 0.741. The fourth-order valence-corrected chi connectivity index (χ4v) is 3.87. The van der Waals surface area contributed by atoms with Crippen molar-refractivity contribution in [1.82, 2.24) is 9.97 Å². The van der Waals surface area contributed by atoms with Crippen molar-refractivity contribution in [3.63, 3.8) is 0 Å². The fraction of sp³-hybridized carbons (Fsp3) is 0.182. The first-order valence-electron chi connectivity index (χ1n) is 9.18. The van der Waals surface area contributed by atoms with Crippen molar-refractivity contribution in [2.75, 3.05) is 25.6 Å². The van der Waals surface area contributed by atoms with E-state index in [2.05, 4.69) is 22.4 Å². The van der Waals surface area contributed by atoms with Crippen LogP contribution in [0.15, 0.2) is 60.8 Å². The van der Waals surface area contributed by atoms with Crippen LogP contribution in [0.3, 0.4) is 0 Å². The zero-order valence-corrected chi connectivity index (χ0v) is 16.6. The summed E-state index contributed by atoms with van der Waals surface area (Å²) in [5, 5.41) is 13.2. The van der Waals surface area contributed by atoms with E-state index in [9.17, 15) is 9.50 Å². The van der Waals surface area contributed by atoms with Crippen molar-refractivity contribution < 1.29 is 14.2 Å². The molecule has 2 aromatic carbocycles. The maximum Gasteiger partial charge on any atom is 0.125 e. The Kier molecular flexibility index (Phi) is 5.69. The zero-order chi connectivity index (χ0) is 20.2. The number of hydrogen-bond donors (Lipinski definition) is 2. The molecule has 2 N–H and O–H groups in total. The van der Waals surface area contributed by atoms with E-state index in [4.69, 9.17) is 9.72 Å². The van der Waals surface area contributed by atoms with Gasteiger partial charge in [0.15, 0.2) is 0 Å². The summed E-state index contributed by atoms with van der Waals surface area (Å²) < 4.78 is 18.8. The molecule has 0 aliphatic heterocycles. The summed E-state index contributed by atoms with van der Waals surface area (Å²) in [5.74, 6) is 1.43. The first-order chi connectivity index (χ1) is 14.2. The number of ether oxygens (including phenoxy) is 1. The van der Waals surface area contributed by atoms with Gasteiger partial charge in [0.05, 0.1) is 10.2 Å². The molecule has 5 nitrogen and oxygen atoms in total. The van der Waals surface area contributed by atoms with Crippen LogP contribution in [0, 0.1) is 0 Å². The van der Waals surface area contributed by atoms with Crippen molar-refractivity contribution in [3.8, 4) is 27.4 Å². The van der Waals surface area contributed by atoms with Gasteiger partial charge >= 0.3 is 0 Å². The minimum atomic E-state index is -1.11. The van der Waals surface area contributed by atoms with E-state index in [0.717, 1.165) is 37.7 Å². The number of aromatic nitrogens is 2. The van der Waals surface area contributed by atoms with Crippen LogP contribution in [0.1, 0.15) is 0 Å². The van der Waals surface area contributed by atoms with Gasteiger partial charge in [-0.25, -0.2) is 14.4 Å². The number of aliphatic hydroxyl groups is 1. The molecule has 1 atom stereocenters. The fourth-order valence-electron chi connectivity index (χ4n) is 2.87. The molecule has 0 aliphatic carbocycles. The first-order valence-corrected chi connectivity index (χ1v) is 10.00. The third-order valence-electron chi connectivity index (χ3n) is 4.47. The molecular weight excluding hydrogens is 389 g/mol. The highest BCUT2D eigenvalue weighted by molar-refractivity contribution is 7.21. The number of halogens is 1. The molecule has 148 valence electrons. The molecule has 0 saturated heterocycles. The lowest BCUT2D eigenvalue weighted by atomic mass is 10.1. The topological polar surface area (TPSA) is 67.3 Å². The number of anilines is 1. The molecule has 0 bridgehead atoms. The second-order valence-corrected chi connectivity index (χ2v) is 7.56. The number of hydrogen-bond acceptors (Lipinski definition) is 6.